The second-order valence-electron chi connectivity index (χ2n) is 7.09. The highest BCUT2D eigenvalue weighted by Crippen LogP contribution is 2.21. The summed E-state index contributed by atoms with van der Waals surface area (Å²) in [5, 5.41) is 15.5. The molecular weight excluding hydrogens is 479 g/mol. The molecule has 1 aliphatic rings. The van der Waals surface area contributed by atoms with Gasteiger partial charge in [-0.15, -0.1) is 34.2 Å². The summed E-state index contributed by atoms with van der Waals surface area (Å²) in [5.41, 5.74) is 2.27. The lowest BCUT2D eigenvalue weighted by atomic mass is 10.1. The van der Waals surface area contributed by atoms with E-state index in [0.717, 1.165) is 48.4 Å². The van der Waals surface area contributed by atoms with Crippen LogP contribution in [0.2, 0.25) is 0 Å². The van der Waals surface area contributed by atoms with Crippen LogP contribution in [0.25, 0.3) is 0 Å². The molecular formula is C21H33IN6O. The van der Waals surface area contributed by atoms with Crippen LogP contribution in [0.15, 0.2) is 23.2 Å². The monoisotopic (exact) mass is 512 g/mol. The maximum Gasteiger partial charge on any atom is 0.191 e. The zero-order valence-electron chi connectivity index (χ0n) is 17.7. The Labute approximate surface area is 190 Å². The standard InChI is InChI=1S/C21H32N6O.HI/c1-4-22-21(23-14-17-11-10-16(3)13-18(17)28-5-2)24-15-20-26-25-19-9-7-6-8-12-27(19)20;/h10-11,13H,4-9,12,14-15H2,1-3H3,(H2,22,23,24);1H. The number of nitrogens with zero attached hydrogens (tertiary/aromatic N) is 4. The molecule has 1 aromatic carbocycles. The molecule has 2 heterocycles. The molecule has 0 saturated carbocycles. The molecule has 29 heavy (non-hydrogen) atoms. The van der Waals surface area contributed by atoms with Crippen LogP contribution in [0.1, 0.15) is 55.9 Å². The predicted octanol–water partition coefficient (Wildman–Crippen LogP) is 3.58. The first-order chi connectivity index (χ1) is 13.7. The van der Waals surface area contributed by atoms with Crippen LogP contribution < -0.4 is 15.4 Å². The minimum atomic E-state index is 0. The van der Waals surface area contributed by atoms with Gasteiger partial charge in [-0.25, -0.2) is 4.99 Å². The quantitative estimate of drug-likeness (QED) is 0.337. The zero-order chi connectivity index (χ0) is 19.8. The molecule has 0 unspecified atom stereocenters. The van der Waals surface area contributed by atoms with E-state index < -0.39 is 0 Å². The third-order valence-electron chi connectivity index (χ3n) is 4.87. The Hall–Kier alpha value is -1.84. The fourth-order valence-electron chi connectivity index (χ4n) is 3.43. The van der Waals surface area contributed by atoms with Gasteiger partial charge in [0.1, 0.15) is 11.6 Å². The van der Waals surface area contributed by atoms with Gasteiger partial charge in [0.05, 0.1) is 19.7 Å². The van der Waals surface area contributed by atoms with E-state index in [4.69, 9.17) is 9.73 Å². The van der Waals surface area contributed by atoms with E-state index in [2.05, 4.69) is 57.4 Å². The number of aryl methyl sites for hydroxylation is 2. The highest BCUT2D eigenvalue weighted by atomic mass is 127. The highest BCUT2D eigenvalue weighted by Gasteiger charge is 2.14. The maximum absolute atomic E-state index is 5.77. The largest absolute Gasteiger partial charge is 0.494 e. The van der Waals surface area contributed by atoms with Crippen LogP contribution in [0.4, 0.5) is 0 Å². The molecule has 160 valence electrons. The normalized spacial score (nSPS) is 13.8. The lowest BCUT2D eigenvalue weighted by Crippen LogP contribution is -2.37. The molecule has 0 saturated heterocycles. The van der Waals surface area contributed by atoms with Crippen LogP contribution in [0.5, 0.6) is 5.75 Å². The Morgan fingerprint density at radius 2 is 2.03 bits per heavy atom. The van der Waals surface area contributed by atoms with Crippen molar-refractivity contribution >= 4 is 29.9 Å². The van der Waals surface area contributed by atoms with E-state index >= 15 is 0 Å². The molecule has 0 amide bonds. The first kappa shape index (κ1) is 23.4. The van der Waals surface area contributed by atoms with Gasteiger partial charge in [0.15, 0.2) is 11.8 Å². The molecule has 2 N–H and O–H groups in total. The summed E-state index contributed by atoms with van der Waals surface area (Å²) in [6.07, 6.45) is 4.68. The molecule has 0 spiro atoms. The van der Waals surface area contributed by atoms with E-state index in [0.29, 0.717) is 19.7 Å². The van der Waals surface area contributed by atoms with Crippen molar-refractivity contribution in [2.45, 2.75) is 66.1 Å². The number of nitrogens with one attached hydrogen (secondary N) is 2. The fraction of sp³-hybridized carbons (Fsp3) is 0.571. The van der Waals surface area contributed by atoms with Crippen molar-refractivity contribution in [1.82, 2.24) is 25.4 Å². The predicted molar refractivity (Wildman–Crippen MR) is 127 cm³/mol. The van der Waals surface area contributed by atoms with Crippen molar-refractivity contribution in [3.05, 3.63) is 41.0 Å². The Bertz CT molecular complexity index is 804. The van der Waals surface area contributed by atoms with Crippen molar-refractivity contribution in [1.29, 1.82) is 0 Å². The Kier molecular flexibility index (Phi) is 9.69. The molecule has 0 bridgehead atoms. The Morgan fingerprint density at radius 1 is 1.17 bits per heavy atom. The topological polar surface area (TPSA) is 76.4 Å². The number of aliphatic imine (C=N–C) groups is 1. The van der Waals surface area contributed by atoms with Crippen LogP contribution in [-0.2, 0) is 26.1 Å². The molecule has 7 nitrogen and oxygen atoms in total. The minimum Gasteiger partial charge on any atom is -0.494 e. The highest BCUT2D eigenvalue weighted by molar-refractivity contribution is 14.0. The molecule has 2 aromatic rings. The Morgan fingerprint density at radius 3 is 2.83 bits per heavy atom. The number of hydrogen-bond acceptors (Lipinski definition) is 4. The van der Waals surface area contributed by atoms with Gasteiger partial charge in [0, 0.05) is 25.1 Å². The van der Waals surface area contributed by atoms with Crippen molar-refractivity contribution in [2.24, 2.45) is 4.99 Å². The summed E-state index contributed by atoms with van der Waals surface area (Å²) < 4.78 is 8.03. The van der Waals surface area contributed by atoms with Gasteiger partial charge in [-0.3, -0.25) is 0 Å². The number of hydrogen-bond donors (Lipinski definition) is 2. The zero-order valence-corrected chi connectivity index (χ0v) is 20.0. The SMILES string of the molecule is CCNC(=NCc1ccc(C)cc1OCC)NCc1nnc2n1CCCCC2.I. The van der Waals surface area contributed by atoms with Crippen LogP contribution in [0.3, 0.4) is 0 Å². The first-order valence-corrected chi connectivity index (χ1v) is 10.4. The first-order valence-electron chi connectivity index (χ1n) is 10.4. The minimum absolute atomic E-state index is 0. The summed E-state index contributed by atoms with van der Waals surface area (Å²) in [6, 6.07) is 6.26. The summed E-state index contributed by atoms with van der Waals surface area (Å²) >= 11 is 0. The van der Waals surface area contributed by atoms with Crippen molar-refractivity contribution < 1.29 is 4.74 Å². The van der Waals surface area contributed by atoms with E-state index in [1.807, 2.05) is 6.92 Å². The van der Waals surface area contributed by atoms with Gasteiger partial charge in [0.2, 0.25) is 0 Å². The van der Waals surface area contributed by atoms with E-state index in [-0.39, 0.29) is 24.0 Å². The second kappa shape index (κ2) is 12.0. The number of guanidine groups is 1. The van der Waals surface area contributed by atoms with Crippen molar-refractivity contribution in [3.63, 3.8) is 0 Å². The number of halogens is 1. The average Bonchev–Trinajstić information content (AvgIpc) is 2.91. The van der Waals surface area contributed by atoms with Crippen molar-refractivity contribution in [2.75, 3.05) is 13.2 Å². The maximum atomic E-state index is 5.77. The Balaban J connectivity index is 0.00000300. The van der Waals surface area contributed by atoms with E-state index in [1.54, 1.807) is 0 Å². The number of fused-ring (bicyclic) bond motifs is 1. The smallest absolute Gasteiger partial charge is 0.191 e. The summed E-state index contributed by atoms with van der Waals surface area (Å²) in [7, 11) is 0. The molecule has 0 fully saturated rings. The van der Waals surface area contributed by atoms with E-state index in [1.165, 1.54) is 24.8 Å². The van der Waals surface area contributed by atoms with Gasteiger partial charge >= 0.3 is 0 Å². The molecule has 1 aliphatic heterocycles. The average molecular weight is 512 g/mol. The molecule has 0 radical (unpaired) electrons. The summed E-state index contributed by atoms with van der Waals surface area (Å²) in [4.78, 5) is 4.74. The molecule has 1 aromatic heterocycles. The second-order valence-corrected chi connectivity index (χ2v) is 7.09. The third kappa shape index (κ3) is 6.58. The fourth-order valence-corrected chi connectivity index (χ4v) is 3.43. The molecule has 3 rings (SSSR count). The van der Waals surface area contributed by atoms with Gasteiger partial charge in [0.25, 0.3) is 0 Å². The lowest BCUT2D eigenvalue weighted by molar-refractivity contribution is 0.336. The van der Waals surface area contributed by atoms with Crippen LogP contribution in [0, 0.1) is 6.92 Å². The van der Waals surface area contributed by atoms with Crippen LogP contribution >= 0.6 is 24.0 Å². The number of aromatic nitrogens is 3. The third-order valence-corrected chi connectivity index (χ3v) is 4.87. The molecule has 8 heteroatoms. The number of ether oxygens (including phenoxy) is 1. The van der Waals surface area contributed by atoms with Gasteiger partial charge < -0.3 is 19.9 Å². The van der Waals surface area contributed by atoms with E-state index in [9.17, 15) is 0 Å². The van der Waals surface area contributed by atoms with Gasteiger partial charge in [-0.2, -0.15) is 0 Å². The van der Waals surface area contributed by atoms with Crippen molar-refractivity contribution in [3.8, 4) is 5.75 Å². The number of benzene rings is 1. The summed E-state index contributed by atoms with van der Waals surface area (Å²) in [5.74, 6) is 3.77. The lowest BCUT2D eigenvalue weighted by Gasteiger charge is -2.13. The molecule has 0 aliphatic carbocycles. The summed E-state index contributed by atoms with van der Waals surface area (Å²) in [6.45, 7) is 9.78. The number of rotatable bonds is 7. The molecule has 0 atom stereocenters. The van der Waals surface area contributed by atoms with Crippen LogP contribution in [-0.4, -0.2) is 33.9 Å². The van der Waals surface area contributed by atoms with Gasteiger partial charge in [-0.05, 0) is 45.2 Å². The van der Waals surface area contributed by atoms with Gasteiger partial charge in [-0.1, -0.05) is 18.6 Å².